The summed E-state index contributed by atoms with van der Waals surface area (Å²) >= 11 is 0. The lowest BCUT2D eigenvalue weighted by Crippen LogP contribution is -2.40. The molecule has 0 radical (unpaired) electrons. The zero-order chi connectivity index (χ0) is 17.2. The normalized spacial score (nSPS) is 11.2. The van der Waals surface area contributed by atoms with E-state index in [2.05, 4.69) is 18.5 Å². The molecule has 0 aliphatic heterocycles. The number of carbonyl (C=O) groups excluding carboxylic acids is 1. The van der Waals surface area contributed by atoms with Crippen molar-refractivity contribution in [1.82, 2.24) is 5.32 Å². The molecule has 1 amide bonds. The van der Waals surface area contributed by atoms with Gasteiger partial charge in [0.15, 0.2) is 0 Å². The van der Waals surface area contributed by atoms with Crippen LogP contribution in [-0.4, -0.2) is 36.7 Å². The van der Waals surface area contributed by atoms with Crippen LogP contribution in [0.3, 0.4) is 0 Å². The van der Waals surface area contributed by atoms with E-state index in [-0.39, 0.29) is 18.6 Å². The Morgan fingerprint density at radius 2 is 2.09 bits per heavy atom. The Hall–Kier alpha value is -2.76. The van der Waals surface area contributed by atoms with E-state index in [0.29, 0.717) is 17.9 Å². The van der Waals surface area contributed by atoms with Crippen molar-refractivity contribution < 1.29 is 24.2 Å². The topological polar surface area (TPSA) is 84.9 Å². The number of allylic oxidation sites excluding steroid dienone is 1. The van der Waals surface area contributed by atoms with Gasteiger partial charge >= 0.3 is 5.97 Å². The van der Waals surface area contributed by atoms with Gasteiger partial charge in [-0.1, -0.05) is 18.7 Å². The van der Waals surface area contributed by atoms with E-state index >= 15 is 0 Å². The number of benzene rings is 1. The highest BCUT2D eigenvalue weighted by molar-refractivity contribution is 5.99. The Labute approximate surface area is 135 Å². The number of hydrogen-bond donors (Lipinski definition) is 2. The maximum atomic E-state index is 12.4. The van der Waals surface area contributed by atoms with Crippen molar-refractivity contribution >= 4 is 11.9 Å². The third kappa shape index (κ3) is 5.50. The Bertz CT molecular complexity index is 582. The Morgan fingerprint density at radius 3 is 2.65 bits per heavy atom. The maximum absolute atomic E-state index is 12.4. The maximum Gasteiger partial charge on any atom is 0.326 e. The minimum atomic E-state index is -1.10. The van der Waals surface area contributed by atoms with Crippen molar-refractivity contribution in [2.24, 2.45) is 0 Å². The van der Waals surface area contributed by atoms with Crippen molar-refractivity contribution in [1.29, 1.82) is 0 Å². The molecular weight excluding hydrogens is 298 g/mol. The van der Waals surface area contributed by atoms with Gasteiger partial charge in [-0.2, -0.15) is 0 Å². The fourth-order valence-corrected chi connectivity index (χ4v) is 1.86. The Morgan fingerprint density at radius 1 is 1.35 bits per heavy atom. The van der Waals surface area contributed by atoms with Gasteiger partial charge in [0.1, 0.15) is 24.1 Å². The molecule has 0 aliphatic carbocycles. The molecule has 2 N–H and O–H groups in total. The molecule has 0 heterocycles. The predicted molar refractivity (Wildman–Crippen MR) is 87.0 cm³/mol. The van der Waals surface area contributed by atoms with Gasteiger partial charge in [0, 0.05) is 6.07 Å². The van der Waals surface area contributed by atoms with Crippen molar-refractivity contribution in [2.45, 2.75) is 18.9 Å². The molecule has 6 heteroatoms. The van der Waals surface area contributed by atoms with Gasteiger partial charge in [-0.25, -0.2) is 4.79 Å². The van der Waals surface area contributed by atoms with E-state index in [0.717, 1.165) is 0 Å². The number of hydrogen-bond acceptors (Lipinski definition) is 4. The van der Waals surface area contributed by atoms with Gasteiger partial charge in [0.2, 0.25) is 0 Å². The van der Waals surface area contributed by atoms with Gasteiger partial charge in [-0.3, -0.25) is 4.79 Å². The summed E-state index contributed by atoms with van der Waals surface area (Å²) in [5.41, 5.74) is 0.234. The summed E-state index contributed by atoms with van der Waals surface area (Å²) in [7, 11) is 1.50. The molecule has 0 aromatic heterocycles. The smallest absolute Gasteiger partial charge is 0.326 e. The van der Waals surface area contributed by atoms with E-state index < -0.39 is 17.9 Å². The standard InChI is InChI=1S/C17H21NO5/c1-4-6-7-14(17(20)21)18-16(19)13-9-8-12(22-3)11-15(13)23-10-5-2/h4-5,8-9,11,14H,1-2,6-7,10H2,3H3,(H,18,19)(H,20,21). The van der Waals surface area contributed by atoms with E-state index in [1.807, 2.05) is 0 Å². The molecule has 0 spiro atoms. The van der Waals surface area contributed by atoms with Crippen molar-refractivity contribution in [3.63, 3.8) is 0 Å². The largest absolute Gasteiger partial charge is 0.497 e. The van der Waals surface area contributed by atoms with Gasteiger partial charge in [0.25, 0.3) is 5.91 Å². The number of aliphatic carboxylic acids is 1. The molecule has 6 nitrogen and oxygen atoms in total. The second-order valence-electron chi connectivity index (χ2n) is 4.69. The van der Waals surface area contributed by atoms with Crippen LogP contribution >= 0.6 is 0 Å². The molecule has 1 atom stereocenters. The van der Waals surface area contributed by atoms with Crippen LogP contribution in [0.1, 0.15) is 23.2 Å². The first-order valence-electron chi connectivity index (χ1n) is 7.09. The fourth-order valence-electron chi connectivity index (χ4n) is 1.86. The minimum Gasteiger partial charge on any atom is -0.497 e. The fraction of sp³-hybridized carbons (Fsp3) is 0.294. The molecule has 1 aromatic rings. The van der Waals surface area contributed by atoms with Crippen molar-refractivity contribution in [2.75, 3.05) is 13.7 Å². The zero-order valence-corrected chi connectivity index (χ0v) is 13.1. The first-order chi connectivity index (χ1) is 11.0. The number of methoxy groups -OCH3 is 1. The Balaban J connectivity index is 2.97. The van der Waals surface area contributed by atoms with Gasteiger partial charge < -0.3 is 19.9 Å². The van der Waals surface area contributed by atoms with E-state index in [1.165, 1.54) is 13.2 Å². The highest BCUT2D eigenvalue weighted by Crippen LogP contribution is 2.25. The molecule has 0 saturated carbocycles. The second-order valence-corrected chi connectivity index (χ2v) is 4.69. The highest BCUT2D eigenvalue weighted by atomic mass is 16.5. The summed E-state index contributed by atoms with van der Waals surface area (Å²) < 4.78 is 10.5. The van der Waals surface area contributed by atoms with Crippen LogP contribution in [0.15, 0.2) is 43.5 Å². The molecule has 0 saturated heterocycles. The van der Waals surface area contributed by atoms with Gasteiger partial charge in [-0.15, -0.1) is 6.58 Å². The molecule has 23 heavy (non-hydrogen) atoms. The van der Waals surface area contributed by atoms with Crippen LogP contribution < -0.4 is 14.8 Å². The summed E-state index contributed by atoms with van der Waals surface area (Å²) in [6.45, 7) is 7.32. The van der Waals surface area contributed by atoms with Crippen LogP contribution in [0.2, 0.25) is 0 Å². The number of carboxylic acid groups (broad SMARTS) is 1. The number of rotatable bonds is 10. The minimum absolute atomic E-state index is 0.215. The average Bonchev–Trinajstić information content (AvgIpc) is 2.55. The molecule has 1 unspecified atom stereocenters. The van der Waals surface area contributed by atoms with E-state index in [1.54, 1.807) is 24.3 Å². The van der Waals surface area contributed by atoms with Crippen molar-refractivity contribution in [3.05, 3.63) is 49.1 Å². The molecule has 0 aliphatic rings. The van der Waals surface area contributed by atoms with Crippen LogP contribution in [0.4, 0.5) is 0 Å². The lowest BCUT2D eigenvalue weighted by atomic mass is 10.1. The summed E-state index contributed by atoms with van der Waals surface area (Å²) in [5.74, 6) is -0.790. The van der Waals surface area contributed by atoms with Gasteiger partial charge in [0.05, 0.1) is 12.7 Å². The lowest BCUT2D eigenvalue weighted by molar-refractivity contribution is -0.139. The molecule has 0 fully saturated rings. The molecule has 1 rings (SSSR count). The number of amides is 1. The Kier molecular flexibility index (Phi) is 7.39. The van der Waals surface area contributed by atoms with Crippen LogP contribution in [0.5, 0.6) is 11.5 Å². The molecule has 1 aromatic carbocycles. The number of carbonyl (C=O) groups is 2. The third-order valence-electron chi connectivity index (χ3n) is 3.05. The predicted octanol–water partition coefficient (Wildman–Crippen LogP) is 2.41. The van der Waals surface area contributed by atoms with Crippen molar-refractivity contribution in [3.8, 4) is 11.5 Å². The lowest BCUT2D eigenvalue weighted by Gasteiger charge is -2.16. The number of ether oxygens (including phenoxy) is 2. The molecule has 124 valence electrons. The van der Waals surface area contributed by atoms with Crippen LogP contribution in [0.25, 0.3) is 0 Å². The van der Waals surface area contributed by atoms with Gasteiger partial charge in [-0.05, 0) is 25.0 Å². The molecule has 0 bridgehead atoms. The van der Waals surface area contributed by atoms with E-state index in [4.69, 9.17) is 9.47 Å². The first kappa shape index (κ1) is 18.3. The number of nitrogens with one attached hydrogen (secondary N) is 1. The average molecular weight is 319 g/mol. The number of carboxylic acids is 1. The monoisotopic (exact) mass is 319 g/mol. The zero-order valence-electron chi connectivity index (χ0n) is 13.1. The third-order valence-corrected chi connectivity index (χ3v) is 3.05. The SMILES string of the molecule is C=CCCC(NC(=O)c1ccc(OC)cc1OCC=C)C(=O)O. The molecular formula is C17H21NO5. The second kappa shape index (κ2) is 9.30. The summed E-state index contributed by atoms with van der Waals surface area (Å²) in [4.78, 5) is 23.6. The first-order valence-corrected chi connectivity index (χ1v) is 7.09. The van der Waals surface area contributed by atoms with E-state index in [9.17, 15) is 14.7 Å². The highest BCUT2D eigenvalue weighted by Gasteiger charge is 2.22. The summed E-state index contributed by atoms with van der Waals surface area (Å²) in [6.07, 6.45) is 3.91. The summed E-state index contributed by atoms with van der Waals surface area (Å²) in [5, 5.41) is 11.7. The van der Waals surface area contributed by atoms with Crippen LogP contribution in [0, 0.1) is 0 Å². The van der Waals surface area contributed by atoms with Crippen LogP contribution in [-0.2, 0) is 4.79 Å². The quantitative estimate of drug-likeness (QED) is 0.647. The summed E-state index contributed by atoms with van der Waals surface area (Å²) in [6, 6.07) is 3.71.